The number of aromatic amines is 1. The van der Waals surface area contributed by atoms with Gasteiger partial charge in [0.1, 0.15) is 0 Å². The molecule has 0 spiro atoms. The number of carbonyl (C=O) groups is 1. The molecular weight excluding hydrogens is 296 g/mol. The molecule has 1 unspecified atom stereocenters. The summed E-state index contributed by atoms with van der Waals surface area (Å²) in [6.07, 6.45) is 0.308. The van der Waals surface area contributed by atoms with Crippen LogP contribution in [0.15, 0.2) is 30.5 Å². The molecule has 1 atom stereocenters. The minimum atomic E-state index is -1.38. The maximum atomic E-state index is 10.7. The van der Waals surface area contributed by atoms with Gasteiger partial charge in [-0.15, -0.1) is 0 Å². The standard InChI is InChI=1S/C17H18N2O4/c1-9(2)22-10(3)11-4-5-14-12(6-11)13-7-16(23-17(20)21)18-8-15(13)19-14/h4-10,19H,1-3H3,(H,20,21). The molecule has 6 nitrogen and oxygen atoms in total. The van der Waals surface area contributed by atoms with Crippen molar-refractivity contribution in [3.8, 4) is 5.88 Å². The van der Waals surface area contributed by atoms with Crippen molar-refractivity contribution >= 4 is 28.0 Å². The van der Waals surface area contributed by atoms with E-state index in [0.717, 1.165) is 27.4 Å². The molecule has 120 valence electrons. The Morgan fingerprint density at radius 1 is 1.17 bits per heavy atom. The first-order valence-corrected chi connectivity index (χ1v) is 7.41. The highest BCUT2D eigenvalue weighted by Crippen LogP contribution is 2.30. The Kier molecular flexibility index (Phi) is 3.92. The fraction of sp³-hybridized carbons (Fsp3) is 0.294. The highest BCUT2D eigenvalue weighted by molar-refractivity contribution is 6.07. The van der Waals surface area contributed by atoms with Crippen molar-refractivity contribution in [2.75, 3.05) is 0 Å². The summed E-state index contributed by atoms with van der Waals surface area (Å²) < 4.78 is 10.5. The van der Waals surface area contributed by atoms with Gasteiger partial charge >= 0.3 is 6.16 Å². The number of aromatic nitrogens is 2. The SMILES string of the molecule is CC(C)OC(C)c1ccc2[nH]c3cnc(OC(=O)O)cc3c2c1. The van der Waals surface area contributed by atoms with Gasteiger partial charge in [-0.05, 0) is 38.5 Å². The Morgan fingerprint density at radius 3 is 2.61 bits per heavy atom. The van der Waals surface area contributed by atoms with E-state index < -0.39 is 6.16 Å². The molecule has 2 aromatic heterocycles. The third-order valence-electron chi connectivity index (χ3n) is 3.62. The molecule has 0 aliphatic heterocycles. The lowest BCUT2D eigenvalue weighted by Crippen LogP contribution is -2.07. The molecule has 2 N–H and O–H groups in total. The van der Waals surface area contributed by atoms with Crippen molar-refractivity contribution < 1.29 is 19.4 Å². The number of carboxylic acid groups (broad SMARTS) is 1. The van der Waals surface area contributed by atoms with Gasteiger partial charge in [0.15, 0.2) is 0 Å². The van der Waals surface area contributed by atoms with Gasteiger partial charge in [-0.2, -0.15) is 0 Å². The Hall–Kier alpha value is -2.60. The molecule has 0 bridgehead atoms. The monoisotopic (exact) mass is 314 g/mol. The summed E-state index contributed by atoms with van der Waals surface area (Å²) >= 11 is 0. The average Bonchev–Trinajstić information content (AvgIpc) is 2.83. The molecule has 0 aliphatic carbocycles. The van der Waals surface area contributed by atoms with Gasteiger partial charge in [0.25, 0.3) is 0 Å². The Morgan fingerprint density at radius 2 is 1.91 bits per heavy atom. The van der Waals surface area contributed by atoms with Crippen molar-refractivity contribution in [3.63, 3.8) is 0 Å². The molecule has 23 heavy (non-hydrogen) atoms. The quantitative estimate of drug-likeness (QED) is 0.703. The van der Waals surface area contributed by atoms with Gasteiger partial charge in [-0.1, -0.05) is 6.07 Å². The average molecular weight is 314 g/mol. The van der Waals surface area contributed by atoms with Crippen LogP contribution in [0.25, 0.3) is 21.8 Å². The number of ether oxygens (including phenoxy) is 2. The second-order valence-electron chi connectivity index (χ2n) is 5.69. The molecule has 1 aromatic carbocycles. The molecule has 6 heteroatoms. The molecule has 0 amide bonds. The van der Waals surface area contributed by atoms with Crippen LogP contribution in [0.2, 0.25) is 0 Å². The van der Waals surface area contributed by atoms with E-state index in [-0.39, 0.29) is 18.1 Å². The van der Waals surface area contributed by atoms with Gasteiger partial charge in [-0.25, -0.2) is 9.78 Å². The first-order chi connectivity index (χ1) is 10.9. The predicted octanol–water partition coefficient (Wildman–Crippen LogP) is 4.26. The lowest BCUT2D eigenvalue weighted by molar-refractivity contribution is 0.0179. The number of nitrogens with zero attached hydrogens (tertiary/aromatic N) is 1. The highest BCUT2D eigenvalue weighted by atomic mass is 16.7. The fourth-order valence-electron chi connectivity index (χ4n) is 2.68. The minimum absolute atomic E-state index is 0.0269. The zero-order chi connectivity index (χ0) is 16.6. The predicted molar refractivity (Wildman–Crippen MR) is 86.9 cm³/mol. The molecule has 0 radical (unpaired) electrons. The number of benzene rings is 1. The maximum absolute atomic E-state index is 10.7. The largest absolute Gasteiger partial charge is 0.512 e. The summed E-state index contributed by atoms with van der Waals surface area (Å²) in [7, 11) is 0. The van der Waals surface area contributed by atoms with Crippen molar-refractivity contribution in [1.82, 2.24) is 9.97 Å². The summed E-state index contributed by atoms with van der Waals surface area (Å²) in [5.74, 6) is 0.0581. The van der Waals surface area contributed by atoms with Gasteiger partial charge in [-0.3, -0.25) is 0 Å². The molecule has 3 aromatic rings. The summed E-state index contributed by atoms with van der Waals surface area (Å²) in [6.45, 7) is 6.01. The zero-order valence-corrected chi connectivity index (χ0v) is 13.2. The van der Waals surface area contributed by atoms with Crippen LogP contribution < -0.4 is 4.74 Å². The third kappa shape index (κ3) is 3.12. The number of hydrogen-bond acceptors (Lipinski definition) is 4. The van der Waals surface area contributed by atoms with E-state index in [1.165, 1.54) is 0 Å². The number of H-pyrrole nitrogens is 1. The second-order valence-corrected chi connectivity index (χ2v) is 5.69. The second kappa shape index (κ2) is 5.89. The van der Waals surface area contributed by atoms with Gasteiger partial charge < -0.3 is 19.6 Å². The summed E-state index contributed by atoms with van der Waals surface area (Å²) in [6, 6.07) is 7.68. The first kappa shape index (κ1) is 15.3. The highest BCUT2D eigenvalue weighted by Gasteiger charge is 2.12. The van der Waals surface area contributed by atoms with Crippen LogP contribution in [0.4, 0.5) is 4.79 Å². The van der Waals surface area contributed by atoms with Gasteiger partial charge in [0.2, 0.25) is 5.88 Å². The van der Waals surface area contributed by atoms with E-state index >= 15 is 0 Å². The topological polar surface area (TPSA) is 84.4 Å². The molecular formula is C17H18N2O4. The van der Waals surface area contributed by atoms with Crippen LogP contribution in [-0.4, -0.2) is 27.3 Å². The van der Waals surface area contributed by atoms with Crippen molar-refractivity contribution in [3.05, 3.63) is 36.0 Å². The Bertz CT molecular complexity index is 870. The van der Waals surface area contributed by atoms with Crippen molar-refractivity contribution in [1.29, 1.82) is 0 Å². The van der Waals surface area contributed by atoms with E-state index in [0.29, 0.717) is 0 Å². The third-order valence-corrected chi connectivity index (χ3v) is 3.62. The van der Waals surface area contributed by atoms with Crippen LogP contribution >= 0.6 is 0 Å². The Labute approximate surface area is 133 Å². The Balaban J connectivity index is 2.08. The molecule has 3 rings (SSSR count). The van der Waals surface area contributed by atoms with Gasteiger partial charge in [0.05, 0.1) is 23.9 Å². The summed E-state index contributed by atoms with van der Waals surface area (Å²) in [5.41, 5.74) is 2.84. The van der Waals surface area contributed by atoms with Crippen molar-refractivity contribution in [2.24, 2.45) is 0 Å². The fourth-order valence-corrected chi connectivity index (χ4v) is 2.68. The number of nitrogens with one attached hydrogen (secondary N) is 1. The number of pyridine rings is 1. The minimum Gasteiger partial charge on any atom is -0.449 e. The maximum Gasteiger partial charge on any atom is 0.512 e. The smallest absolute Gasteiger partial charge is 0.449 e. The number of fused-ring (bicyclic) bond motifs is 3. The molecule has 0 aliphatic rings. The van der Waals surface area contributed by atoms with E-state index in [9.17, 15) is 4.79 Å². The summed E-state index contributed by atoms with van der Waals surface area (Å²) in [4.78, 5) is 17.9. The van der Waals surface area contributed by atoms with E-state index in [4.69, 9.17) is 9.84 Å². The van der Waals surface area contributed by atoms with Crippen LogP contribution in [0.3, 0.4) is 0 Å². The van der Waals surface area contributed by atoms with Crippen molar-refractivity contribution in [2.45, 2.75) is 33.0 Å². The molecule has 0 saturated heterocycles. The first-order valence-electron chi connectivity index (χ1n) is 7.41. The van der Waals surface area contributed by atoms with Crippen LogP contribution in [0, 0.1) is 0 Å². The van der Waals surface area contributed by atoms with E-state index in [2.05, 4.69) is 14.7 Å². The number of hydrogen-bond donors (Lipinski definition) is 2. The van der Waals surface area contributed by atoms with Gasteiger partial charge in [0, 0.05) is 22.4 Å². The normalized spacial score (nSPS) is 12.9. The molecule has 0 fully saturated rings. The van der Waals surface area contributed by atoms with Crippen LogP contribution in [0.5, 0.6) is 5.88 Å². The zero-order valence-electron chi connectivity index (χ0n) is 13.2. The van der Waals surface area contributed by atoms with E-state index in [1.54, 1.807) is 12.3 Å². The lowest BCUT2D eigenvalue weighted by atomic mass is 10.1. The lowest BCUT2D eigenvalue weighted by Gasteiger charge is -2.16. The van der Waals surface area contributed by atoms with Crippen LogP contribution in [0.1, 0.15) is 32.4 Å². The summed E-state index contributed by atoms with van der Waals surface area (Å²) in [5, 5.41) is 10.6. The molecule has 2 heterocycles. The van der Waals surface area contributed by atoms with Crippen LogP contribution in [-0.2, 0) is 4.74 Å². The molecule has 0 saturated carbocycles. The number of rotatable bonds is 4. The van der Waals surface area contributed by atoms with E-state index in [1.807, 2.05) is 39.0 Å².